The van der Waals surface area contributed by atoms with Gasteiger partial charge in [-0.3, -0.25) is 9.29 Å². The Labute approximate surface area is 168 Å². The van der Waals surface area contributed by atoms with E-state index in [1.807, 2.05) is 36.7 Å². The maximum absolute atomic E-state index is 12.1. The van der Waals surface area contributed by atoms with Crippen LogP contribution in [0.3, 0.4) is 0 Å². The van der Waals surface area contributed by atoms with Crippen LogP contribution in [0.4, 0.5) is 5.69 Å². The van der Waals surface area contributed by atoms with Crippen molar-refractivity contribution in [1.82, 2.24) is 28.5 Å². The lowest BCUT2D eigenvalue weighted by Crippen LogP contribution is -2.28. The summed E-state index contributed by atoms with van der Waals surface area (Å²) in [5, 5.41) is 4.44. The predicted octanol–water partition coefficient (Wildman–Crippen LogP) is 2.42. The second-order valence-electron chi connectivity index (χ2n) is 6.89. The Morgan fingerprint density at radius 3 is 2.69 bits per heavy atom. The van der Waals surface area contributed by atoms with Gasteiger partial charge in [0.15, 0.2) is 5.65 Å². The number of imidazole rings is 1. The van der Waals surface area contributed by atoms with Gasteiger partial charge in [-0.05, 0) is 38.1 Å². The summed E-state index contributed by atoms with van der Waals surface area (Å²) in [5.41, 5.74) is 4.62. The van der Waals surface area contributed by atoms with Crippen molar-refractivity contribution in [3.05, 3.63) is 60.3 Å². The normalized spacial score (nSPS) is 12.0. The third kappa shape index (κ3) is 3.47. The van der Waals surface area contributed by atoms with Gasteiger partial charge in [0.25, 0.3) is 0 Å². The second-order valence-corrected chi connectivity index (χ2v) is 8.78. The Morgan fingerprint density at radius 2 is 1.93 bits per heavy atom. The number of hydrogen-bond donors (Lipinski definition) is 1. The minimum absolute atomic E-state index is 0.459. The Hall–Kier alpha value is -3.24. The first-order valence-corrected chi connectivity index (χ1v) is 10.4. The van der Waals surface area contributed by atoms with E-state index in [0.717, 1.165) is 32.6 Å². The summed E-state index contributed by atoms with van der Waals surface area (Å²) in [5.74, 6) is 0.671. The monoisotopic (exact) mass is 411 g/mol. The van der Waals surface area contributed by atoms with Crippen molar-refractivity contribution in [2.45, 2.75) is 13.8 Å². The molecular formula is C19H21N7O2S. The van der Waals surface area contributed by atoms with Crippen LogP contribution in [0.5, 0.6) is 0 Å². The van der Waals surface area contributed by atoms with Gasteiger partial charge < -0.3 is 0 Å². The third-order valence-corrected chi connectivity index (χ3v) is 5.97. The molecule has 4 rings (SSSR count). The predicted molar refractivity (Wildman–Crippen MR) is 111 cm³/mol. The Bertz CT molecular complexity index is 1310. The van der Waals surface area contributed by atoms with E-state index in [9.17, 15) is 8.42 Å². The molecule has 3 heterocycles. The molecule has 0 saturated carbocycles. The number of benzene rings is 1. The van der Waals surface area contributed by atoms with E-state index < -0.39 is 10.2 Å². The Kier molecular flexibility index (Phi) is 4.59. The van der Waals surface area contributed by atoms with Gasteiger partial charge in [-0.2, -0.15) is 17.8 Å². The van der Waals surface area contributed by atoms with Gasteiger partial charge >= 0.3 is 10.2 Å². The zero-order chi connectivity index (χ0) is 20.8. The van der Waals surface area contributed by atoms with Crippen molar-refractivity contribution in [2.75, 3.05) is 18.8 Å². The minimum atomic E-state index is -3.59. The van der Waals surface area contributed by atoms with Crippen molar-refractivity contribution >= 4 is 21.5 Å². The quantitative estimate of drug-likeness (QED) is 0.544. The molecule has 0 radical (unpaired) electrons. The molecule has 9 nitrogen and oxygen atoms in total. The van der Waals surface area contributed by atoms with Gasteiger partial charge in [-0.25, -0.2) is 14.5 Å². The maximum Gasteiger partial charge on any atom is 0.301 e. The fourth-order valence-corrected chi connectivity index (χ4v) is 3.71. The number of aryl methyl sites for hydroxylation is 2. The minimum Gasteiger partial charge on any atom is -0.300 e. The van der Waals surface area contributed by atoms with Crippen LogP contribution in [-0.2, 0) is 10.2 Å². The van der Waals surface area contributed by atoms with Crippen LogP contribution in [0, 0.1) is 13.8 Å². The lowest BCUT2D eigenvalue weighted by Gasteiger charge is -2.14. The molecule has 29 heavy (non-hydrogen) atoms. The number of anilines is 1. The first-order valence-electron chi connectivity index (χ1n) is 8.93. The third-order valence-electron chi connectivity index (χ3n) is 4.51. The van der Waals surface area contributed by atoms with Gasteiger partial charge in [-0.1, -0.05) is 6.07 Å². The molecule has 1 N–H and O–H groups in total. The van der Waals surface area contributed by atoms with E-state index >= 15 is 0 Å². The molecule has 150 valence electrons. The maximum atomic E-state index is 12.1. The number of hydrogen-bond acceptors (Lipinski definition) is 5. The molecule has 0 saturated heterocycles. The van der Waals surface area contributed by atoms with Crippen molar-refractivity contribution in [2.24, 2.45) is 0 Å². The van der Waals surface area contributed by atoms with E-state index in [1.54, 1.807) is 35.1 Å². The molecule has 0 amide bonds. The summed E-state index contributed by atoms with van der Waals surface area (Å²) in [4.78, 5) is 9.12. The lowest BCUT2D eigenvalue weighted by atomic mass is 10.2. The molecule has 0 spiro atoms. The topological polar surface area (TPSA) is 97.4 Å². The van der Waals surface area contributed by atoms with E-state index in [0.29, 0.717) is 11.5 Å². The molecule has 0 aliphatic carbocycles. The van der Waals surface area contributed by atoms with E-state index in [4.69, 9.17) is 0 Å². The van der Waals surface area contributed by atoms with Gasteiger partial charge in [0, 0.05) is 43.6 Å². The average Bonchev–Trinajstić information content (AvgIpc) is 3.27. The molecule has 4 aromatic rings. The Morgan fingerprint density at radius 1 is 1.14 bits per heavy atom. The van der Waals surface area contributed by atoms with Crippen LogP contribution in [0.2, 0.25) is 0 Å². The highest BCUT2D eigenvalue weighted by Crippen LogP contribution is 2.26. The standard InChI is InChI=1S/C19H21N7O2S/c1-13-10-14(2)26-19(22-13)17(12-21-26)18-20-8-9-25(18)16-7-5-6-15(11-16)23-29(27,28)24(3)4/h5-12,23H,1-4H3. The van der Waals surface area contributed by atoms with Crippen molar-refractivity contribution in [3.63, 3.8) is 0 Å². The molecule has 10 heteroatoms. The fraction of sp³-hybridized carbons (Fsp3) is 0.211. The van der Waals surface area contributed by atoms with E-state index in [1.165, 1.54) is 14.1 Å². The van der Waals surface area contributed by atoms with Crippen molar-refractivity contribution in [1.29, 1.82) is 0 Å². The fourth-order valence-electron chi connectivity index (χ4n) is 3.10. The highest BCUT2D eigenvalue weighted by atomic mass is 32.2. The number of aromatic nitrogens is 5. The summed E-state index contributed by atoms with van der Waals surface area (Å²) >= 11 is 0. The van der Waals surface area contributed by atoms with Crippen LogP contribution in [0.25, 0.3) is 22.7 Å². The SMILES string of the molecule is Cc1cc(C)n2ncc(-c3nccn3-c3cccc(NS(=O)(=O)N(C)C)c3)c2n1. The summed E-state index contributed by atoms with van der Waals surface area (Å²) in [6, 6.07) is 9.09. The summed E-state index contributed by atoms with van der Waals surface area (Å²) in [6.07, 6.45) is 5.26. The second kappa shape index (κ2) is 6.98. The van der Waals surface area contributed by atoms with Crippen LogP contribution in [0.15, 0.2) is 48.9 Å². The number of rotatable bonds is 5. The van der Waals surface area contributed by atoms with Crippen LogP contribution in [0.1, 0.15) is 11.4 Å². The van der Waals surface area contributed by atoms with E-state index in [-0.39, 0.29) is 0 Å². The largest absolute Gasteiger partial charge is 0.301 e. The van der Waals surface area contributed by atoms with Crippen LogP contribution in [-0.4, -0.2) is 51.0 Å². The first kappa shape index (κ1) is 19.1. The Balaban J connectivity index is 1.79. The number of nitrogens with one attached hydrogen (secondary N) is 1. The van der Waals surface area contributed by atoms with Crippen molar-refractivity contribution < 1.29 is 8.42 Å². The highest BCUT2D eigenvalue weighted by molar-refractivity contribution is 7.90. The van der Waals surface area contributed by atoms with E-state index in [2.05, 4.69) is 19.8 Å². The molecule has 0 aliphatic rings. The first-order chi connectivity index (χ1) is 13.8. The van der Waals surface area contributed by atoms with Gasteiger partial charge in [0.2, 0.25) is 0 Å². The highest BCUT2D eigenvalue weighted by Gasteiger charge is 2.17. The van der Waals surface area contributed by atoms with Gasteiger partial charge in [0.05, 0.1) is 17.4 Å². The van der Waals surface area contributed by atoms with Crippen molar-refractivity contribution in [3.8, 4) is 17.1 Å². The number of nitrogens with zero attached hydrogens (tertiary/aromatic N) is 6. The smallest absolute Gasteiger partial charge is 0.300 e. The average molecular weight is 411 g/mol. The lowest BCUT2D eigenvalue weighted by molar-refractivity contribution is 0.527. The number of fused-ring (bicyclic) bond motifs is 1. The van der Waals surface area contributed by atoms with Gasteiger partial charge in [-0.15, -0.1) is 0 Å². The van der Waals surface area contributed by atoms with Gasteiger partial charge in [0.1, 0.15) is 5.82 Å². The molecule has 0 fully saturated rings. The molecule has 0 unspecified atom stereocenters. The summed E-state index contributed by atoms with van der Waals surface area (Å²) in [7, 11) is -0.644. The molecule has 0 bridgehead atoms. The zero-order valence-electron chi connectivity index (χ0n) is 16.5. The van der Waals surface area contributed by atoms with Crippen LogP contribution < -0.4 is 4.72 Å². The van der Waals surface area contributed by atoms with Crippen LogP contribution >= 0.6 is 0 Å². The molecular weight excluding hydrogens is 390 g/mol. The molecule has 0 atom stereocenters. The summed E-state index contributed by atoms with van der Waals surface area (Å²) in [6.45, 7) is 3.92. The molecule has 0 aliphatic heterocycles. The zero-order valence-corrected chi connectivity index (χ0v) is 17.3. The summed E-state index contributed by atoms with van der Waals surface area (Å²) < 4.78 is 31.6. The molecule has 3 aromatic heterocycles. The molecule has 1 aromatic carbocycles.